The summed E-state index contributed by atoms with van der Waals surface area (Å²) in [4.78, 5) is 4.33. The first-order valence-corrected chi connectivity index (χ1v) is 8.14. The summed E-state index contributed by atoms with van der Waals surface area (Å²) >= 11 is 0. The van der Waals surface area contributed by atoms with E-state index < -0.39 is 0 Å². The molecule has 3 aromatic rings. The van der Waals surface area contributed by atoms with Crippen molar-refractivity contribution in [3.05, 3.63) is 42.3 Å². The lowest BCUT2D eigenvalue weighted by Gasteiger charge is -2.09. The van der Waals surface area contributed by atoms with Crippen LogP contribution in [0.15, 0.2) is 36.5 Å². The van der Waals surface area contributed by atoms with E-state index in [2.05, 4.69) is 26.0 Å². The number of fused-ring (bicyclic) bond motifs is 4. The molecule has 0 atom stereocenters. The minimum Gasteiger partial charge on any atom is -0.385 e. The van der Waals surface area contributed by atoms with Gasteiger partial charge in [0.25, 0.3) is 0 Å². The first kappa shape index (κ1) is 14.9. The molecule has 3 heterocycles. The maximum atomic E-state index is 14.4. The van der Waals surface area contributed by atoms with Crippen LogP contribution in [0.4, 0.5) is 15.9 Å². The number of anilines is 2. The summed E-state index contributed by atoms with van der Waals surface area (Å²) in [7, 11) is 0. The van der Waals surface area contributed by atoms with E-state index in [1.807, 2.05) is 18.2 Å². The van der Waals surface area contributed by atoms with Crippen molar-refractivity contribution in [2.45, 2.75) is 6.42 Å². The molecule has 0 aliphatic carbocycles. The van der Waals surface area contributed by atoms with Gasteiger partial charge in [-0.3, -0.25) is 0 Å². The van der Waals surface area contributed by atoms with Crippen LogP contribution in [-0.2, 0) is 0 Å². The Morgan fingerprint density at radius 3 is 2.92 bits per heavy atom. The summed E-state index contributed by atoms with van der Waals surface area (Å²) in [6.45, 7) is 3.40. The molecule has 0 saturated heterocycles. The van der Waals surface area contributed by atoms with Crippen LogP contribution in [0.1, 0.15) is 6.42 Å². The second-order valence-electron chi connectivity index (χ2n) is 5.78. The lowest BCUT2D eigenvalue weighted by atomic mass is 10.1. The van der Waals surface area contributed by atoms with Crippen molar-refractivity contribution < 1.29 is 4.39 Å². The Hall–Kier alpha value is -2.67. The van der Waals surface area contributed by atoms with E-state index in [0.29, 0.717) is 16.9 Å². The summed E-state index contributed by atoms with van der Waals surface area (Å²) in [6.07, 6.45) is 2.66. The Morgan fingerprint density at radius 2 is 1.96 bits per heavy atom. The SMILES string of the molecule is Fc1ccc2cc1-c1cnc3ccc(nn13)NCCNCCCN2. The van der Waals surface area contributed by atoms with Crippen molar-refractivity contribution in [2.24, 2.45) is 0 Å². The van der Waals surface area contributed by atoms with Gasteiger partial charge < -0.3 is 16.0 Å². The molecule has 1 aliphatic heterocycles. The Morgan fingerprint density at radius 1 is 1.00 bits per heavy atom. The van der Waals surface area contributed by atoms with Crippen LogP contribution in [0.5, 0.6) is 0 Å². The highest BCUT2D eigenvalue weighted by atomic mass is 19.1. The van der Waals surface area contributed by atoms with E-state index in [1.54, 1.807) is 16.8 Å². The van der Waals surface area contributed by atoms with Crippen molar-refractivity contribution in [1.82, 2.24) is 19.9 Å². The quantitative estimate of drug-likeness (QED) is 0.592. The fourth-order valence-electron chi connectivity index (χ4n) is 2.83. The van der Waals surface area contributed by atoms with Crippen LogP contribution < -0.4 is 16.0 Å². The van der Waals surface area contributed by atoms with Crippen molar-refractivity contribution in [1.29, 1.82) is 0 Å². The average Bonchev–Trinajstić information content (AvgIpc) is 3.01. The standard InChI is InChI=1S/C17H19FN6/c18-14-3-2-12-10-13(14)15-11-22-17-5-4-16(23-24(15)17)21-9-8-19-6-1-7-20-12/h2-5,10-11,19-20H,1,6-9H2,(H,21,23). The zero-order chi connectivity index (χ0) is 16.4. The van der Waals surface area contributed by atoms with Gasteiger partial charge >= 0.3 is 0 Å². The fraction of sp³-hybridized carbons (Fsp3) is 0.294. The zero-order valence-corrected chi connectivity index (χ0v) is 13.2. The molecule has 4 rings (SSSR count). The highest BCUT2D eigenvalue weighted by Crippen LogP contribution is 2.27. The third kappa shape index (κ3) is 2.90. The summed E-state index contributed by atoms with van der Waals surface area (Å²) in [5, 5.41) is 14.6. The van der Waals surface area contributed by atoms with E-state index in [1.165, 1.54) is 6.07 Å². The first-order chi connectivity index (χ1) is 11.8. The molecule has 7 heteroatoms. The predicted molar refractivity (Wildman–Crippen MR) is 92.8 cm³/mol. The lowest BCUT2D eigenvalue weighted by Crippen LogP contribution is -2.24. The van der Waals surface area contributed by atoms with Crippen molar-refractivity contribution in [2.75, 3.05) is 36.8 Å². The second kappa shape index (κ2) is 6.45. The second-order valence-corrected chi connectivity index (χ2v) is 5.78. The number of nitrogens with one attached hydrogen (secondary N) is 3. The molecular weight excluding hydrogens is 307 g/mol. The number of hydrogen-bond donors (Lipinski definition) is 3. The number of hydrogen-bond acceptors (Lipinski definition) is 5. The fourth-order valence-corrected chi connectivity index (χ4v) is 2.83. The van der Waals surface area contributed by atoms with Gasteiger partial charge in [-0.2, -0.15) is 0 Å². The molecule has 0 spiro atoms. The van der Waals surface area contributed by atoms with E-state index in [-0.39, 0.29) is 5.82 Å². The average molecular weight is 326 g/mol. The van der Waals surface area contributed by atoms with Gasteiger partial charge in [0.15, 0.2) is 5.65 Å². The van der Waals surface area contributed by atoms with Gasteiger partial charge in [0.1, 0.15) is 11.6 Å². The molecule has 124 valence electrons. The van der Waals surface area contributed by atoms with Crippen LogP contribution in [0.2, 0.25) is 0 Å². The van der Waals surface area contributed by atoms with Gasteiger partial charge in [0.05, 0.1) is 11.9 Å². The van der Waals surface area contributed by atoms with E-state index in [0.717, 1.165) is 44.1 Å². The maximum absolute atomic E-state index is 14.4. The van der Waals surface area contributed by atoms with E-state index >= 15 is 0 Å². The molecular formula is C17H19FN6. The lowest BCUT2D eigenvalue weighted by molar-refractivity contribution is 0.630. The van der Waals surface area contributed by atoms with Gasteiger partial charge in [-0.15, -0.1) is 5.10 Å². The topological polar surface area (TPSA) is 66.3 Å². The molecule has 6 nitrogen and oxygen atoms in total. The highest BCUT2D eigenvalue weighted by Gasteiger charge is 2.13. The normalized spacial score (nSPS) is 15.4. The number of aromatic nitrogens is 3. The molecule has 2 aromatic heterocycles. The molecule has 3 N–H and O–H groups in total. The minimum atomic E-state index is -0.284. The number of benzene rings is 1. The van der Waals surface area contributed by atoms with Crippen LogP contribution in [0.25, 0.3) is 16.9 Å². The third-order valence-electron chi connectivity index (χ3n) is 4.07. The summed E-state index contributed by atoms with van der Waals surface area (Å²) in [6, 6.07) is 8.82. The van der Waals surface area contributed by atoms with Gasteiger partial charge in [0.2, 0.25) is 0 Å². The number of imidazole rings is 1. The molecule has 0 fully saturated rings. The highest BCUT2D eigenvalue weighted by molar-refractivity contribution is 5.68. The molecule has 0 saturated carbocycles. The Balaban J connectivity index is 1.82. The predicted octanol–water partition coefficient (Wildman–Crippen LogP) is 2.35. The van der Waals surface area contributed by atoms with Crippen LogP contribution >= 0.6 is 0 Å². The summed E-state index contributed by atoms with van der Waals surface area (Å²) < 4.78 is 16.1. The van der Waals surface area contributed by atoms with Crippen LogP contribution in [0, 0.1) is 5.82 Å². The molecule has 0 amide bonds. The van der Waals surface area contributed by atoms with E-state index in [9.17, 15) is 4.39 Å². The maximum Gasteiger partial charge on any atom is 0.154 e. The first-order valence-electron chi connectivity index (χ1n) is 8.14. The Bertz CT molecular complexity index is 859. The monoisotopic (exact) mass is 326 g/mol. The van der Waals surface area contributed by atoms with Gasteiger partial charge in [-0.25, -0.2) is 13.9 Å². The number of halogens is 1. The smallest absolute Gasteiger partial charge is 0.154 e. The Kier molecular flexibility index (Phi) is 4.00. The number of nitrogens with zero attached hydrogens (tertiary/aromatic N) is 3. The van der Waals surface area contributed by atoms with Crippen molar-refractivity contribution in [3.8, 4) is 11.3 Å². The van der Waals surface area contributed by atoms with E-state index in [4.69, 9.17) is 0 Å². The Labute approximate surface area is 139 Å². The summed E-state index contributed by atoms with van der Waals surface area (Å²) in [5.41, 5.74) is 2.72. The largest absolute Gasteiger partial charge is 0.385 e. The molecule has 0 radical (unpaired) electrons. The molecule has 24 heavy (non-hydrogen) atoms. The summed E-state index contributed by atoms with van der Waals surface area (Å²) in [5.74, 6) is 0.460. The van der Waals surface area contributed by atoms with Gasteiger partial charge in [-0.05, 0) is 43.3 Å². The molecule has 1 aliphatic rings. The third-order valence-corrected chi connectivity index (χ3v) is 4.07. The van der Waals surface area contributed by atoms with Crippen molar-refractivity contribution in [3.63, 3.8) is 0 Å². The van der Waals surface area contributed by atoms with Crippen LogP contribution in [-0.4, -0.2) is 40.8 Å². The molecule has 1 aromatic carbocycles. The van der Waals surface area contributed by atoms with Gasteiger partial charge in [-0.1, -0.05) is 0 Å². The van der Waals surface area contributed by atoms with Gasteiger partial charge in [0, 0.05) is 30.9 Å². The minimum absolute atomic E-state index is 0.284. The van der Waals surface area contributed by atoms with Crippen LogP contribution in [0.3, 0.4) is 0 Å². The van der Waals surface area contributed by atoms with Crippen molar-refractivity contribution >= 4 is 17.2 Å². The molecule has 0 unspecified atom stereocenters. The number of rotatable bonds is 0. The molecule has 4 bridgehead atoms. The zero-order valence-electron chi connectivity index (χ0n) is 13.2.